The maximum atomic E-state index is 14.1. The van der Waals surface area contributed by atoms with Gasteiger partial charge in [-0.3, -0.25) is 0 Å². The van der Waals surface area contributed by atoms with Crippen LogP contribution in [0.15, 0.2) is 30.3 Å². The predicted octanol–water partition coefficient (Wildman–Crippen LogP) is 2.36. The van der Waals surface area contributed by atoms with E-state index in [9.17, 15) is 29.2 Å². The first-order valence-electron chi connectivity index (χ1n) is 9.48. The van der Waals surface area contributed by atoms with Crippen molar-refractivity contribution >= 4 is 11.6 Å². The van der Waals surface area contributed by atoms with Crippen molar-refractivity contribution in [3.8, 4) is 11.5 Å². The van der Waals surface area contributed by atoms with Crippen LogP contribution in [0.25, 0.3) is 0 Å². The van der Waals surface area contributed by atoms with Crippen LogP contribution in [-0.2, 0) is 17.6 Å². The number of rotatable bonds is 4. The van der Waals surface area contributed by atoms with E-state index in [-0.39, 0.29) is 16.3 Å². The molecule has 0 unspecified atom stereocenters. The topological polar surface area (TPSA) is 99.4 Å². The maximum Gasteiger partial charge on any atom is 0.303 e. The molecular weight excluding hydrogens is 422 g/mol. The van der Waals surface area contributed by atoms with E-state index < -0.39 is 36.9 Å². The number of hydrogen-bond donors (Lipinski definition) is 4. The molecule has 2 aliphatic rings. The first-order valence-corrected chi connectivity index (χ1v) is 9.86. The molecule has 2 heterocycles. The number of aromatic hydroxyl groups is 1. The normalized spacial score (nSPS) is 27.5. The molecular formula is C21H21ClF2O6. The zero-order valence-corrected chi connectivity index (χ0v) is 16.5. The Morgan fingerprint density at radius 3 is 2.67 bits per heavy atom. The van der Waals surface area contributed by atoms with Gasteiger partial charge in [0.15, 0.2) is 0 Å². The molecule has 2 aliphatic heterocycles. The molecule has 30 heavy (non-hydrogen) atoms. The van der Waals surface area contributed by atoms with E-state index in [1.54, 1.807) is 0 Å². The van der Waals surface area contributed by atoms with Gasteiger partial charge in [0.05, 0.1) is 13.2 Å². The molecule has 6 nitrogen and oxygen atoms in total. The summed E-state index contributed by atoms with van der Waals surface area (Å²) in [6, 6.07) is 8.46. The molecule has 0 saturated carbocycles. The van der Waals surface area contributed by atoms with E-state index in [1.165, 1.54) is 12.1 Å². The zero-order chi connectivity index (χ0) is 21.6. The number of alkyl halides is 2. The van der Waals surface area contributed by atoms with Gasteiger partial charge in [0.25, 0.3) is 0 Å². The summed E-state index contributed by atoms with van der Waals surface area (Å²) in [7, 11) is 0. The van der Waals surface area contributed by atoms with Crippen LogP contribution in [-0.4, -0.2) is 57.9 Å². The molecule has 0 spiro atoms. The lowest BCUT2D eigenvalue weighted by molar-refractivity contribution is -0.296. The van der Waals surface area contributed by atoms with Gasteiger partial charge in [0.2, 0.25) is 0 Å². The first-order chi connectivity index (χ1) is 14.2. The van der Waals surface area contributed by atoms with Crippen molar-refractivity contribution in [2.75, 3.05) is 13.2 Å². The third-order valence-electron chi connectivity index (χ3n) is 5.59. The Morgan fingerprint density at radius 2 is 1.93 bits per heavy atom. The Bertz CT molecular complexity index is 949. The Balaban J connectivity index is 1.66. The fourth-order valence-corrected chi connectivity index (χ4v) is 4.11. The zero-order valence-electron chi connectivity index (χ0n) is 15.8. The molecule has 162 valence electrons. The minimum absolute atomic E-state index is 0.00712. The van der Waals surface area contributed by atoms with Crippen molar-refractivity contribution in [3.05, 3.63) is 57.6 Å². The number of phenolic OH excluding ortho intramolecular Hbond substituents is 1. The van der Waals surface area contributed by atoms with E-state index in [4.69, 9.17) is 21.1 Å². The number of ether oxygens (including phenoxy) is 2. The van der Waals surface area contributed by atoms with E-state index in [1.807, 2.05) is 18.2 Å². The highest BCUT2D eigenvalue weighted by Gasteiger charge is 2.57. The van der Waals surface area contributed by atoms with Crippen LogP contribution in [0.3, 0.4) is 0 Å². The summed E-state index contributed by atoms with van der Waals surface area (Å²) in [5, 5.41) is 39.9. The van der Waals surface area contributed by atoms with Crippen LogP contribution in [0.5, 0.6) is 11.5 Å². The monoisotopic (exact) mass is 442 g/mol. The molecule has 0 aromatic heterocycles. The summed E-state index contributed by atoms with van der Waals surface area (Å²) in [6.07, 6.45) is -6.80. The minimum atomic E-state index is -3.85. The van der Waals surface area contributed by atoms with E-state index in [0.717, 1.165) is 23.3 Å². The molecule has 4 rings (SSSR count). The minimum Gasteiger partial charge on any atom is -0.508 e. The smallest absolute Gasteiger partial charge is 0.303 e. The molecule has 2 aromatic rings. The second-order valence-corrected chi connectivity index (χ2v) is 7.96. The number of benzene rings is 2. The molecule has 4 atom stereocenters. The van der Waals surface area contributed by atoms with Crippen molar-refractivity contribution in [2.45, 2.75) is 43.2 Å². The summed E-state index contributed by atoms with van der Waals surface area (Å²) in [6.45, 7) is -0.442. The van der Waals surface area contributed by atoms with E-state index in [0.29, 0.717) is 18.6 Å². The van der Waals surface area contributed by atoms with Crippen LogP contribution in [0.2, 0.25) is 5.02 Å². The number of aliphatic hydroxyl groups is 3. The van der Waals surface area contributed by atoms with Crippen molar-refractivity contribution in [2.24, 2.45) is 0 Å². The molecule has 0 bridgehead atoms. The van der Waals surface area contributed by atoms with Crippen LogP contribution in [0, 0.1) is 0 Å². The molecule has 2 aromatic carbocycles. The second kappa shape index (κ2) is 7.94. The van der Waals surface area contributed by atoms with Crippen molar-refractivity contribution in [1.82, 2.24) is 0 Å². The summed E-state index contributed by atoms with van der Waals surface area (Å²) >= 11 is 6.27. The highest BCUT2D eigenvalue weighted by atomic mass is 35.5. The van der Waals surface area contributed by atoms with Gasteiger partial charge in [0.1, 0.15) is 35.9 Å². The summed E-state index contributed by atoms with van der Waals surface area (Å²) in [4.78, 5) is 0. The summed E-state index contributed by atoms with van der Waals surface area (Å²) in [5.41, 5.74) is 2.55. The van der Waals surface area contributed by atoms with Crippen molar-refractivity contribution in [1.29, 1.82) is 0 Å². The number of fused-ring (bicyclic) bond motifs is 1. The van der Waals surface area contributed by atoms with Crippen LogP contribution < -0.4 is 4.74 Å². The van der Waals surface area contributed by atoms with Crippen LogP contribution in [0.4, 0.5) is 8.78 Å². The van der Waals surface area contributed by atoms with Crippen LogP contribution >= 0.6 is 11.6 Å². The fourth-order valence-electron chi connectivity index (χ4n) is 3.88. The largest absolute Gasteiger partial charge is 0.508 e. The lowest BCUT2D eigenvalue weighted by atomic mass is 9.89. The number of halogens is 3. The average molecular weight is 443 g/mol. The predicted molar refractivity (Wildman–Crippen MR) is 103 cm³/mol. The average Bonchev–Trinajstić information content (AvgIpc) is 3.17. The van der Waals surface area contributed by atoms with Crippen molar-refractivity contribution < 1.29 is 38.7 Å². The maximum absolute atomic E-state index is 14.1. The Morgan fingerprint density at radius 1 is 1.17 bits per heavy atom. The van der Waals surface area contributed by atoms with Gasteiger partial charge in [-0.2, -0.15) is 0 Å². The molecule has 0 aliphatic carbocycles. The van der Waals surface area contributed by atoms with Gasteiger partial charge < -0.3 is 29.9 Å². The van der Waals surface area contributed by atoms with Crippen molar-refractivity contribution in [3.63, 3.8) is 0 Å². The number of hydrogen-bond acceptors (Lipinski definition) is 6. The van der Waals surface area contributed by atoms with Gasteiger partial charge in [-0.15, -0.1) is 0 Å². The highest BCUT2D eigenvalue weighted by molar-refractivity contribution is 6.31. The molecule has 1 fully saturated rings. The Hall–Kier alpha value is -1.97. The second-order valence-electron chi connectivity index (χ2n) is 7.56. The van der Waals surface area contributed by atoms with Gasteiger partial charge in [0, 0.05) is 17.0 Å². The number of aliphatic hydroxyl groups excluding tert-OH is 3. The molecule has 0 amide bonds. The molecule has 1 saturated heterocycles. The molecule has 9 heteroatoms. The van der Waals surface area contributed by atoms with Gasteiger partial charge in [-0.1, -0.05) is 23.7 Å². The lowest BCUT2D eigenvalue weighted by Gasteiger charge is -2.42. The summed E-state index contributed by atoms with van der Waals surface area (Å²) < 4.78 is 38.8. The van der Waals surface area contributed by atoms with E-state index in [2.05, 4.69) is 0 Å². The molecule has 4 N–H and O–H groups in total. The molecule has 0 radical (unpaired) electrons. The fraction of sp³-hybridized carbons (Fsp3) is 0.429. The first kappa shape index (κ1) is 21.3. The van der Waals surface area contributed by atoms with Gasteiger partial charge in [-0.25, -0.2) is 8.78 Å². The third-order valence-corrected chi connectivity index (χ3v) is 5.94. The Kier molecular flexibility index (Phi) is 5.63. The summed E-state index contributed by atoms with van der Waals surface area (Å²) in [5.74, 6) is -3.43. The quantitative estimate of drug-likeness (QED) is 0.580. The standard InChI is InChI=1S/C21H21ClF2O6/c22-14-8-15(26)13(19-18(27)20(28)21(23,24)17(9-25)30-19)7-12(14)5-10-1-2-11-3-4-29-16(11)6-10/h1-2,6-8,17-20,25-28H,3-5,9H2/t17-,18+,19+,20-/m1/s1. The van der Waals surface area contributed by atoms with Gasteiger partial charge >= 0.3 is 5.92 Å². The lowest BCUT2D eigenvalue weighted by Crippen LogP contribution is -2.59. The highest BCUT2D eigenvalue weighted by Crippen LogP contribution is 2.44. The van der Waals surface area contributed by atoms with Gasteiger partial charge in [-0.05, 0) is 41.3 Å². The number of phenols is 1. The van der Waals surface area contributed by atoms with Crippen LogP contribution in [0.1, 0.15) is 28.4 Å². The SMILES string of the molecule is OC[C@H]1O[C@@H](c2cc(Cc3ccc4c(c3)OCC4)c(Cl)cc2O)[C@H](O)[C@@H](O)C1(F)F. The Labute approximate surface area is 176 Å². The van der Waals surface area contributed by atoms with E-state index >= 15 is 0 Å². The third kappa shape index (κ3) is 3.63.